The highest BCUT2D eigenvalue weighted by Crippen LogP contribution is 2.27. The molecule has 0 radical (unpaired) electrons. The Balaban J connectivity index is 1.99. The molecule has 1 aliphatic rings. The highest BCUT2D eigenvalue weighted by atomic mass is 16.6. The Bertz CT molecular complexity index is 639. The number of nitrogen functional groups attached to an aromatic ring is 1. The minimum absolute atomic E-state index is 0.00707. The summed E-state index contributed by atoms with van der Waals surface area (Å²) in [6, 6.07) is 0. The molecule has 10 nitrogen and oxygen atoms in total. The number of anilines is 2. The first-order valence-corrected chi connectivity index (χ1v) is 5.53. The van der Waals surface area contributed by atoms with Crippen molar-refractivity contribution in [3.05, 3.63) is 28.5 Å². The lowest BCUT2D eigenvalue weighted by Gasteiger charge is -2.27. The first-order valence-electron chi connectivity index (χ1n) is 5.53. The average molecular weight is 262 g/mol. The second-order valence-electron chi connectivity index (χ2n) is 4.06. The maximum absolute atomic E-state index is 11.0. The highest BCUT2D eigenvalue weighted by molar-refractivity contribution is 5.58. The standard InChI is InChI=1S/C9H10N8O2/c10-9-11-3-6(17(18)19)8(13-9)15-1-2-16-5-12-14-7(16)4-15/h3,5H,1-2,4H2,(H2,10,11,13). The summed E-state index contributed by atoms with van der Waals surface area (Å²) in [5, 5.41) is 18.8. The van der Waals surface area contributed by atoms with Crippen molar-refractivity contribution in [3.8, 4) is 0 Å². The van der Waals surface area contributed by atoms with Gasteiger partial charge in [0.25, 0.3) is 0 Å². The van der Waals surface area contributed by atoms with Crippen molar-refractivity contribution in [1.29, 1.82) is 0 Å². The van der Waals surface area contributed by atoms with Crippen LogP contribution >= 0.6 is 0 Å². The largest absolute Gasteiger partial charge is 0.368 e. The molecule has 0 aromatic carbocycles. The fraction of sp³-hybridized carbons (Fsp3) is 0.333. The summed E-state index contributed by atoms with van der Waals surface area (Å²) in [5.41, 5.74) is 5.34. The van der Waals surface area contributed by atoms with E-state index in [0.717, 1.165) is 12.0 Å². The lowest BCUT2D eigenvalue weighted by Crippen LogP contribution is -2.34. The molecular weight excluding hydrogens is 252 g/mol. The predicted molar refractivity (Wildman–Crippen MR) is 64.2 cm³/mol. The van der Waals surface area contributed by atoms with E-state index in [1.807, 2.05) is 4.57 Å². The molecule has 2 aromatic heterocycles. The fourth-order valence-corrected chi connectivity index (χ4v) is 1.99. The number of hydrogen-bond donors (Lipinski definition) is 1. The third kappa shape index (κ3) is 1.92. The Morgan fingerprint density at radius 3 is 3.05 bits per heavy atom. The van der Waals surface area contributed by atoms with E-state index in [0.29, 0.717) is 19.6 Å². The van der Waals surface area contributed by atoms with Crippen LogP contribution in [0.4, 0.5) is 17.5 Å². The third-order valence-corrected chi connectivity index (χ3v) is 2.90. The number of nitrogens with zero attached hydrogens (tertiary/aromatic N) is 7. The first kappa shape index (κ1) is 11.3. The maximum atomic E-state index is 11.0. The number of hydrogen-bond acceptors (Lipinski definition) is 8. The maximum Gasteiger partial charge on any atom is 0.329 e. The molecular formula is C9H10N8O2. The molecule has 3 rings (SSSR count). The molecule has 0 spiro atoms. The lowest BCUT2D eigenvalue weighted by molar-refractivity contribution is -0.384. The Kier molecular flexibility index (Phi) is 2.47. The second kappa shape index (κ2) is 4.15. The molecule has 1 aliphatic heterocycles. The average Bonchev–Trinajstić information content (AvgIpc) is 2.85. The fourth-order valence-electron chi connectivity index (χ4n) is 1.99. The van der Waals surface area contributed by atoms with Crippen molar-refractivity contribution in [1.82, 2.24) is 24.7 Å². The van der Waals surface area contributed by atoms with Crippen LogP contribution in [0.3, 0.4) is 0 Å². The van der Waals surface area contributed by atoms with Crippen LogP contribution in [0.15, 0.2) is 12.5 Å². The molecule has 0 saturated carbocycles. The van der Waals surface area contributed by atoms with Crippen LogP contribution < -0.4 is 10.6 Å². The van der Waals surface area contributed by atoms with Gasteiger partial charge in [0.05, 0.1) is 11.5 Å². The zero-order chi connectivity index (χ0) is 13.4. The van der Waals surface area contributed by atoms with Crippen molar-refractivity contribution in [2.24, 2.45) is 0 Å². The predicted octanol–water partition coefficient (Wildman–Crippen LogP) is -0.421. The van der Waals surface area contributed by atoms with Crippen molar-refractivity contribution in [2.75, 3.05) is 17.2 Å². The minimum atomic E-state index is -0.520. The molecule has 0 saturated heterocycles. The van der Waals surface area contributed by atoms with E-state index in [2.05, 4.69) is 20.2 Å². The normalized spacial score (nSPS) is 14.2. The number of aromatic nitrogens is 5. The smallest absolute Gasteiger partial charge is 0.329 e. The van der Waals surface area contributed by atoms with Crippen LogP contribution in [0.25, 0.3) is 0 Å². The van der Waals surface area contributed by atoms with Crippen molar-refractivity contribution in [3.63, 3.8) is 0 Å². The minimum Gasteiger partial charge on any atom is -0.368 e. The van der Waals surface area contributed by atoms with Crippen LogP contribution in [0.1, 0.15) is 5.82 Å². The number of fused-ring (bicyclic) bond motifs is 1. The van der Waals surface area contributed by atoms with Gasteiger partial charge >= 0.3 is 5.69 Å². The van der Waals surface area contributed by atoms with E-state index in [9.17, 15) is 10.1 Å². The van der Waals surface area contributed by atoms with Crippen molar-refractivity contribution >= 4 is 17.5 Å². The molecule has 0 aliphatic carbocycles. The number of rotatable bonds is 2. The van der Waals surface area contributed by atoms with E-state index >= 15 is 0 Å². The van der Waals surface area contributed by atoms with E-state index in [1.165, 1.54) is 0 Å². The molecule has 0 amide bonds. The van der Waals surface area contributed by atoms with Gasteiger partial charge in [0, 0.05) is 13.1 Å². The molecule has 2 N–H and O–H groups in total. The highest BCUT2D eigenvalue weighted by Gasteiger charge is 2.26. The molecule has 98 valence electrons. The van der Waals surface area contributed by atoms with Crippen LogP contribution in [0.2, 0.25) is 0 Å². The van der Waals surface area contributed by atoms with Gasteiger partial charge < -0.3 is 15.2 Å². The summed E-state index contributed by atoms with van der Waals surface area (Å²) in [6.45, 7) is 1.61. The Morgan fingerprint density at radius 1 is 1.42 bits per heavy atom. The zero-order valence-corrected chi connectivity index (χ0v) is 9.80. The van der Waals surface area contributed by atoms with Crippen LogP contribution in [-0.2, 0) is 13.1 Å². The van der Waals surface area contributed by atoms with Crippen LogP contribution in [-0.4, -0.2) is 36.2 Å². The van der Waals surface area contributed by atoms with Crippen LogP contribution in [0.5, 0.6) is 0 Å². The molecule has 10 heteroatoms. The van der Waals surface area contributed by atoms with Crippen molar-refractivity contribution < 1.29 is 4.92 Å². The van der Waals surface area contributed by atoms with Gasteiger partial charge in [0.2, 0.25) is 11.8 Å². The summed E-state index contributed by atoms with van der Waals surface area (Å²) in [6.07, 6.45) is 2.76. The monoisotopic (exact) mass is 262 g/mol. The van der Waals surface area contributed by atoms with Gasteiger partial charge in [0.1, 0.15) is 12.5 Å². The number of nitro groups is 1. The SMILES string of the molecule is Nc1ncc([N+](=O)[O-])c(N2CCn3cnnc3C2)n1. The molecule has 3 heterocycles. The molecule has 19 heavy (non-hydrogen) atoms. The first-order chi connectivity index (χ1) is 9.15. The van der Waals surface area contributed by atoms with Gasteiger partial charge in [-0.15, -0.1) is 10.2 Å². The Hall–Kier alpha value is -2.78. The lowest BCUT2D eigenvalue weighted by atomic mass is 10.3. The second-order valence-corrected chi connectivity index (χ2v) is 4.06. The van der Waals surface area contributed by atoms with Gasteiger partial charge in [-0.25, -0.2) is 4.98 Å². The van der Waals surface area contributed by atoms with E-state index in [-0.39, 0.29) is 17.5 Å². The molecule has 2 aromatic rings. The van der Waals surface area contributed by atoms with E-state index in [1.54, 1.807) is 11.2 Å². The molecule has 0 fully saturated rings. The van der Waals surface area contributed by atoms with E-state index in [4.69, 9.17) is 5.73 Å². The van der Waals surface area contributed by atoms with Gasteiger partial charge in [-0.05, 0) is 0 Å². The summed E-state index contributed by atoms with van der Waals surface area (Å²) in [4.78, 5) is 19.9. The van der Waals surface area contributed by atoms with Gasteiger partial charge in [-0.1, -0.05) is 0 Å². The van der Waals surface area contributed by atoms with Gasteiger partial charge in [-0.2, -0.15) is 4.98 Å². The molecule has 0 unspecified atom stereocenters. The van der Waals surface area contributed by atoms with Crippen molar-refractivity contribution in [2.45, 2.75) is 13.1 Å². The molecule has 0 bridgehead atoms. The molecule has 0 atom stereocenters. The van der Waals surface area contributed by atoms with Gasteiger partial charge in [-0.3, -0.25) is 10.1 Å². The van der Waals surface area contributed by atoms with E-state index < -0.39 is 4.92 Å². The topological polar surface area (TPSA) is 129 Å². The Morgan fingerprint density at radius 2 is 2.26 bits per heavy atom. The zero-order valence-electron chi connectivity index (χ0n) is 9.80. The summed E-state index contributed by atoms with van der Waals surface area (Å²) in [7, 11) is 0. The van der Waals surface area contributed by atoms with Gasteiger partial charge in [0.15, 0.2) is 5.82 Å². The number of nitrogens with two attached hydrogens (primary N) is 1. The Labute approximate surface area is 107 Å². The summed E-state index contributed by atoms with van der Waals surface area (Å²) in [5.74, 6) is 0.956. The summed E-state index contributed by atoms with van der Waals surface area (Å²) < 4.78 is 1.90. The summed E-state index contributed by atoms with van der Waals surface area (Å²) >= 11 is 0. The van der Waals surface area contributed by atoms with Crippen LogP contribution in [0, 0.1) is 10.1 Å². The third-order valence-electron chi connectivity index (χ3n) is 2.90. The quantitative estimate of drug-likeness (QED) is 0.570.